The number of anilines is 2. The van der Waals surface area contributed by atoms with Gasteiger partial charge in [0.05, 0.1) is 24.6 Å². The summed E-state index contributed by atoms with van der Waals surface area (Å²) in [4.78, 5) is 12.0. The van der Waals surface area contributed by atoms with Crippen molar-refractivity contribution in [2.24, 2.45) is 17.6 Å². The number of hydrogen-bond donors (Lipinski definition) is 3. The van der Waals surface area contributed by atoms with Crippen molar-refractivity contribution in [1.29, 1.82) is 5.26 Å². The van der Waals surface area contributed by atoms with Gasteiger partial charge in [-0.3, -0.25) is 9.48 Å². The van der Waals surface area contributed by atoms with Gasteiger partial charge in [-0.2, -0.15) is 10.4 Å². The molecule has 2 unspecified atom stereocenters. The number of nitrogens with one attached hydrogen (secondary N) is 1. The number of nitriles is 1. The lowest BCUT2D eigenvalue weighted by molar-refractivity contribution is 0.0342. The number of ether oxygens (including phenoxy) is 1. The third-order valence-electron chi connectivity index (χ3n) is 5.61. The third-order valence-corrected chi connectivity index (χ3v) is 5.61. The van der Waals surface area contributed by atoms with Crippen LogP contribution in [0.1, 0.15) is 42.2 Å². The van der Waals surface area contributed by atoms with Crippen molar-refractivity contribution in [3.8, 4) is 11.8 Å². The molecule has 2 aliphatic heterocycles. The molecular formula is C21H24BN5O4. The zero-order valence-corrected chi connectivity index (χ0v) is 17.4. The number of allylic oxidation sites excluding steroid dienone is 1. The van der Waals surface area contributed by atoms with E-state index in [4.69, 9.17) is 15.1 Å². The second kappa shape index (κ2) is 8.45. The Hall–Kier alpha value is -3.29. The Morgan fingerprint density at radius 3 is 3.00 bits per heavy atom. The number of carbonyl (C=O) groups excluding carboxylic acids is 1. The SMILES string of the molecule is CC(C)C1=Cc2cc(Nc3nn(C4COCCC4C#N)cc3C(N)=O)ccc2OB1O. The van der Waals surface area contributed by atoms with Crippen LogP contribution >= 0.6 is 0 Å². The van der Waals surface area contributed by atoms with Crippen LogP contribution in [0.5, 0.6) is 5.75 Å². The van der Waals surface area contributed by atoms with Crippen molar-refractivity contribution in [2.45, 2.75) is 26.3 Å². The minimum absolute atomic E-state index is 0.128. The molecule has 10 heteroatoms. The van der Waals surface area contributed by atoms with Crippen LogP contribution in [-0.2, 0) is 4.74 Å². The predicted molar refractivity (Wildman–Crippen MR) is 115 cm³/mol. The third kappa shape index (κ3) is 4.15. The van der Waals surface area contributed by atoms with E-state index >= 15 is 0 Å². The molecule has 1 fully saturated rings. The molecular weight excluding hydrogens is 397 g/mol. The largest absolute Gasteiger partial charge is 0.556 e. The highest BCUT2D eigenvalue weighted by Crippen LogP contribution is 2.34. The molecule has 0 aliphatic carbocycles. The quantitative estimate of drug-likeness (QED) is 0.631. The second-order valence-corrected chi connectivity index (χ2v) is 8.05. The van der Waals surface area contributed by atoms with E-state index in [0.717, 1.165) is 11.0 Å². The molecule has 3 heterocycles. The van der Waals surface area contributed by atoms with Gasteiger partial charge in [0.15, 0.2) is 5.82 Å². The molecule has 2 aromatic rings. The molecule has 0 saturated carbocycles. The van der Waals surface area contributed by atoms with E-state index in [0.29, 0.717) is 36.9 Å². The Kier molecular flexibility index (Phi) is 5.72. The van der Waals surface area contributed by atoms with Gasteiger partial charge in [-0.25, -0.2) is 0 Å². The molecule has 0 bridgehead atoms. The van der Waals surface area contributed by atoms with Crippen LogP contribution in [0.3, 0.4) is 0 Å². The number of carbonyl (C=O) groups is 1. The maximum absolute atomic E-state index is 12.0. The molecule has 2 aliphatic rings. The van der Waals surface area contributed by atoms with Gasteiger partial charge in [0.25, 0.3) is 5.91 Å². The summed E-state index contributed by atoms with van der Waals surface area (Å²) >= 11 is 0. The fourth-order valence-electron chi connectivity index (χ4n) is 3.84. The van der Waals surface area contributed by atoms with Crippen molar-refractivity contribution in [3.05, 3.63) is 41.0 Å². The van der Waals surface area contributed by atoms with Crippen LogP contribution < -0.4 is 15.7 Å². The number of amides is 1. The van der Waals surface area contributed by atoms with Crippen molar-refractivity contribution in [1.82, 2.24) is 9.78 Å². The van der Waals surface area contributed by atoms with Gasteiger partial charge in [0.1, 0.15) is 11.3 Å². The zero-order chi connectivity index (χ0) is 22.1. The monoisotopic (exact) mass is 421 g/mol. The lowest BCUT2D eigenvalue weighted by atomic mass is 9.70. The van der Waals surface area contributed by atoms with Crippen LogP contribution in [0.15, 0.2) is 29.9 Å². The molecule has 9 nitrogen and oxygen atoms in total. The Morgan fingerprint density at radius 1 is 1.48 bits per heavy atom. The Balaban J connectivity index is 1.65. The van der Waals surface area contributed by atoms with E-state index < -0.39 is 13.0 Å². The summed E-state index contributed by atoms with van der Waals surface area (Å²) in [6.45, 7) is 4.85. The van der Waals surface area contributed by atoms with Crippen LogP contribution in [0, 0.1) is 23.2 Å². The highest BCUT2D eigenvalue weighted by Gasteiger charge is 2.31. The molecule has 1 saturated heterocycles. The number of nitrogens with two attached hydrogens (primary N) is 1. The Bertz CT molecular complexity index is 1070. The lowest BCUT2D eigenvalue weighted by Gasteiger charge is -2.27. The van der Waals surface area contributed by atoms with Crippen molar-refractivity contribution < 1.29 is 19.2 Å². The zero-order valence-electron chi connectivity index (χ0n) is 17.4. The van der Waals surface area contributed by atoms with Crippen molar-refractivity contribution in [2.75, 3.05) is 18.5 Å². The van der Waals surface area contributed by atoms with Gasteiger partial charge in [-0.05, 0) is 36.0 Å². The lowest BCUT2D eigenvalue weighted by Crippen LogP contribution is -2.30. The van der Waals surface area contributed by atoms with Crippen molar-refractivity contribution in [3.63, 3.8) is 0 Å². The summed E-state index contributed by atoms with van der Waals surface area (Å²) in [5, 5.41) is 27.2. The molecule has 160 valence electrons. The molecule has 2 atom stereocenters. The van der Waals surface area contributed by atoms with E-state index in [1.54, 1.807) is 23.0 Å². The molecule has 0 spiro atoms. The van der Waals surface area contributed by atoms with Crippen molar-refractivity contribution >= 4 is 30.6 Å². The van der Waals surface area contributed by atoms with E-state index in [2.05, 4.69) is 16.5 Å². The number of hydrogen-bond acceptors (Lipinski definition) is 7. The normalized spacial score (nSPS) is 20.5. The maximum Gasteiger partial charge on any atom is 0.556 e. The second-order valence-electron chi connectivity index (χ2n) is 8.05. The number of benzene rings is 1. The highest BCUT2D eigenvalue weighted by molar-refractivity contribution is 6.55. The average molecular weight is 421 g/mol. The molecule has 1 amide bonds. The summed E-state index contributed by atoms with van der Waals surface area (Å²) in [7, 11) is -0.964. The maximum atomic E-state index is 12.0. The summed E-state index contributed by atoms with van der Waals surface area (Å²) in [6.07, 6.45) is 4.07. The summed E-state index contributed by atoms with van der Waals surface area (Å²) < 4.78 is 12.7. The first-order chi connectivity index (χ1) is 14.9. The van der Waals surface area contributed by atoms with Gasteiger partial charge < -0.3 is 25.5 Å². The smallest absolute Gasteiger partial charge is 0.532 e. The number of rotatable bonds is 5. The van der Waals surface area contributed by atoms with Gasteiger partial charge in [-0.1, -0.05) is 19.9 Å². The summed E-state index contributed by atoms with van der Waals surface area (Å²) in [6, 6.07) is 7.38. The van der Waals surface area contributed by atoms with Crippen LogP contribution in [0.2, 0.25) is 0 Å². The van der Waals surface area contributed by atoms with E-state index in [1.807, 2.05) is 26.0 Å². The minimum Gasteiger partial charge on any atom is -0.532 e. The first kappa shape index (κ1) is 21.0. The molecule has 0 radical (unpaired) electrons. The fraction of sp³-hybridized carbons (Fsp3) is 0.381. The standard InChI is InChI=1S/C21H24BN5O4/c1-12(2)17-8-14-7-15(3-4-19(14)31-22(17)29)25-21-16(20(24)28)10-27(26-21)18-11-30-6-5-13(18)9-23/h3-4,7-8,10,12-13,18,29H,5-6,11H2,1-2H3,(H2,24,28)(H,25,26). The minimum atomic E-state index is -0.964. The van der Waals surface area contributed by atoms with E-state index in [-0.39, 0.29) is 23.4 Å². The average Bonchev–Trinajstić information content (AvgIpc) is 3.17. The first-order valence-electron chi connectivity index (χ1n) is 10.2. The van der Waals surface area contributed by atoms with E-state index in [9.17, 15) is 15.1 Å². The van der Waals surface area contributed by atoms with Crippen LogP contribution in [0.25, 0.3) is 6.08 Å². The van der Waals surface area contributed by atoms with Gasteiger partial charge in [0, 0.05) is 24.1 Å². The number of aromatic nitrogens is 2. The van der Waals surface area contributed by atoms with Crippen LogP contribution in [0.4, 0.5) is 11.5 Å². The Labute approximate surface area is 180 Å². The van der Waals surface area contributed by atoms with Gasteiger partial charge in [-0.15, -0.1) is 0 Å². The molecule has 31 heavy (non-hydrogen) atoms. The Morgan fingerprint density at radius 2 is 2.29 bits per heavy atom. The first-order valence-corrected chi connectivity index (χ1v) is 10.2. The number of primary amides is 1. The number of nitrogens with zero attached hydrogens (tertiary/aromatic N) is 3. The molecule has 1 aromatic heterocycles. The predicted octanol–water partition coefficient (Wildman–Crippen LogP) is 2.28. The van der Waals surface area contributed by atoms with Crippen LogP contribution in [-0.4, -0.2) is 41.0 Å². The molecule has 4 rings (SSSR count). The summed E-state index contributed by atoms with van der Waals surface area (Å²) in [5.41, 5.74) is 8.07. The fourth-order valence-corrected chi connectivity index (χ4v) is 3.84. The molecule has 1 aromatic carbocycles. The van der Waals surface area contributed by atoms with E-state index in [1.165, 1.54) is 0 Å². The van der Waals surface area contributed by atoms with Gasteiger partial charge >= 0.3 is 7.12 Å². The highest BCUT2D eigenvalue weighted by atomic mass is 16.5. The topological polar surface area (TPSA) is 135 Å². The van der Waals surface area contributed by atoms with Gasteiger partial charge in [0.2, 0.25) is 0 Å². The molecule has 4 N–H and O–H groups in total. The summed E-state index contributed by atoms with van der Waals surface area (Å²) in [5.74, 6) is 0.126. The number of fused-ring (bicyclic) bond motifs is 1.